The number of nitrogens with zero attached hydrogens (tertiary/aromatic N) is 3. The Bertz CT molecular complexity index is 1650. The molecule has 1 atom stereocenters. The summed E-state index contributed by atoms with van der Waals surface area (Å²) in [6.45, 7) is 2.09. The summed E-state index contributed by atoms with van der Waals surface area (Å²) < 4.78 is 18.3. The van der Waals surface area contributed by atoms with Crippen molar-refractivity contribution in [3.63, 3.8) is 0 Å². The van der Waals surface area contributed by atoms with Gasteiger partial charge in [-0.05, 0) is 73.0 Å². The third-order valence-electron chi connectivity index (χ3n) is 6.91. The molecule has 33 heavy (non-hydrogen) atoms. The Balaban J connectivity index is 1.66. The number of fused-ring (bicyclic) bond motifs is 4. The number of hydrogen-bond acceptors (Lipinski definition) is 3. The largest absolute Gasteiger partial charge is 0.455 e. The molecule has 160 valence electrons. The smallest absolute Gasteiger partial charge is 0.216 e. The molecule has 5 aromatic rings. The zero-order chi connectivity index (χ0) is 23.4. The highest BCUT2D eigenvalue weighted by Gasteiger charge is 2.28. The molecule has 0 fully saturated rings. The standard InChI is InChI=1S/C29H24N3O/c1-18-6-10-23-24-11-9-21(16-30)27(20-7-8-22-17-31-13-12-19(22)15-20)29(24)33-28(23)26(18)25-5-3-4-14-32(25)2/h3-6,9-14,17,20H,7-8,15H2,1-2H3/q+1/i20D. The van der Waals surface area contributed by atoms with Crippen LogP contribution in [0, 0.1) is 18.3 Å². The van der Waals surface area contributed by atoms with Crippen LogP contribution in [0.4, 0.5) is 0 Å². The van der Waals surface area contributed by atoms with E-state index in [4.69, 9.17) is 4.42 Å². The molecule has 0 aliphatic heterocycles. The summed E-state index contributed by atoms with van der Waals surface area (Å²) in [5.41, 5.74) is 8.22. The molecule has 0 radical (unpaired) electrons. The third kappa shape index (κ3) is 3.04. The second-order valence-corrected chi connectivity index (χ2v) is 8.83. The van der Waals surface area contributed by atoms with Crippen LogP contribution in [-0.2, 0) is 19.9 Å². The van der Waals surface area contributed by atoms with Gasteiger partial charge >= 0.3 is 0 Å². The average Bonchev–Trinajstić information content (AvgIpc) is 3.22. The Morgan fingerprint density at radius 3 is 2.79 bits per heavy atom. The van der Waals surface area contributed by atoms with Gasteiger partial charge in [0.05, 0.1) is 17.2 Å². The van der Waals surface area contributed by atoms with Gasteiger partial charge in [-0.15, -0.1) is 0 Å². The van der Waals surface area contributed by atoms with E-state index in [1.54, 1.807) is 6.20 Å². The quantitative estimate of drug-likeness (QED) is 0.326. The molecule has 0 N–H and O–H groups in total. The molecular weight excluding hydrogens is 406 g/mol. The highest BCUT2D eigenvalue weighted by molar-refractivity contribution is 6.11. The van der Waals surface area contributed by atoms with Crippen LogP contribution in [0.3, 0.4) is 0 Å². The van der Waals surface area contributed by atoms with Crippen LogP contribution < -0.4 is 4.57 Å². The maximum Gasteiger partial charge on any atom is 0.216 e. The minimum absolute atomic E-state index is 0.516. The van der Waals surface area contributed by atoms with E-state index in [-0.39, 0.29) is 0 Å². The number of hydrogen-bond donors (Lipinski definition) is 0. The van der Waals surface area contributed by atoms with Crippen LogP contribution in [-0.4, -0.2) is 4.98 Å². The van der Waals surface area contributed by atoms with Gasteiger partial charge in [-0.2, -0.15) is 5.26 Å². The number of aromatic nitrogens is 2. The fraction of sp³-hybridized carbons (Fsp3) is 0.207. The molecule has 0 spiro atoms. The summed E-state index contributed by atoms with van der Waals surface area (Å²) in [4.78, 5) is 4.25. The lowest BCUT2D eigenvalue weighted by Gasteiger charge is -2.25. The zero-order valence-corrected chi connectivity index (χ0v) is 18.7. The summed E-state index contributed by atoms with van der Waals surface area (Å²) in [5, 5.41) is 12.0. The first kappa shape index (κ1) is 18.6. The van der Waals surface area contributed by atoms with E-state index in [2.05, 4.69) is 40.7 Å². The second-order valence-electron chi connectivity index (χ2n) is 8.83. The van der Waals surface area contributed by atoms with E-state index >= 15 is 0 Å². The predicted molar refractivity (Wildman–Crippen MR) is 129 cm³/mol. The normalized spacial score (nSPS) is 18.2. The van der Waals surface area contributed by atoms with Crippen LogP contribution in [0.2, 0.25) is 0 Å². The zero-order valence-electron chi connectivity index (χ0n) is 19.7. The maximum absolute atomic E-state index is 10.0. The van der Waals surface area contributed by atoms with Crippen molar-refractivity contribution in [2.24, 2.45) is 7.05 Å². The summed E-state index contributed by atoms with van der Waals surface area (Å²) in [6.07, 6.45) is 7.63. The van der Waals surface area contributed by atoms with Gasteiger partial charge in [0.25, 0.3) is 0 Å². The fourth-order valence-electron chi connectivity index (χ4n) is 5.22. The van der Waals surface area contributed by atoms with Gasteiger partial charge in [0.2, 0.25) is 5.69 Å². The van der Waals surface area contributed by atoms with Gasteiger partial charge in [0.15, 0.2) is 6.20 Å². The molecule has 1 aliphatic carbocycles. The molecule has 3 heterocycles. The second kappa shape index (κ2) is 7.56. The molecule has 6 rings (SSSR count). The van der Waals surface area contributed by atoms with Gasteiger partial charge in [-0.1, -0.05) is 12.1 Å². The molecule has 4 nitrogen and oxygen atoms in total. The lowest BCUT2D eigenvalue weighted by Crippen LogP contribution is -2.30. The Labute approximate surface area is 194 Å². The maximum atomic E-state index is 10.0. The van der Waals surface area contributed by atoms with Crippen molar-refractivity contribution < 1.29 is 10.4 Å². The third-order valence-corrected chi connectivity index (χ3v) is 6.91. The van der Waals surface area contributed by atoms with Crippen molar-refractivity contribution in [2.45, 2.75) is 32.1 Å². The van der Waals surface area contributed by atoms with Gasteiger partial charge in [0.1, 0.15) is 18.2 Å². The van der Waals surface area contributed by atoms with Gasteiger partial charge in [-0.25, -0.2) is 4.57 Å². The monoisotopic (exact) mass is 431 g/mol. The van der Waals surface area contributed by atoms with E-state index in [1.165, 1.54) is 5.56 Å². The summed E-state index contributed by atoms with van der Waals surface area (Å²) in [7, 11) is 2.03. The highest BCUT2D eigenvalue weighted by atomic mass is 16.3. The van der Waals surface area contributed by atoms with E-state index in [0.717, 1.165) is 45.2 Å². The number of pyridine rings is 2. The van der Waals surface area contributed by atoms with Crippen molar-refractivity contribution in [1.82, 2.24) is 4.98 Å². The van der Waals surface area contributed by atoms with E-state index < -0.39 is 5.89 Å². The first-order chi connectivity index (χ1) is 16.5. The van der Waals surface area contributed by atoms with Crippen molar-refractivity contribution in [3.8, 4) is 17.3 Å². The molecular formula is C29H24N3O+. The molecule has 4 heteroatoms. The summed E-state index contributed by atoms with van der Waals surface area (Å²) in [5.74, 6) is -0.945. The van der Waals surface area contributed by atoms with E-state index in [0.29, 0.717) is 29.6 Å². The molecule has 0 saturated carbocycles. The van der Waals surface area contributed by atoms with Crippen LogP contribution >= 0.6 is 0 Å². The van der Waals surface area contributed by atoms with E-state index in [1.807, 2.05) is 49.8 Å². The Morgan fingerprint density at radius 2 is 1.94 bits per heavy atom. The van der Waals surface area contributed by atoms with Gasteiger partial charge < -0.3 is 4.42 Å². The first-order valence-electron chi connectivity index (χ1n) is 11.8. The minimum Gasteiger partial charge on any atom is -0.455 e. The lowest BCUT2D eigenvalue weighted by molar-refractivity contribution is -0.660. The number of aryl methyl sites for hydroxylation is 3. The van der Waals surface area contributed by atoms with Gasteiger partial charge in [0, 0.05) is 42.2 Å². The first-order valence-corrected chi connectivity index (χ1v) is 11.3. The van der Waals surface area contributed by atoms with Crippen molar-refractivity contribution in [2.75, 3.05) is 0 Å². The van der Waals surface area contributed by atoms with Crippen molar-refractivity contribution in [3.05, 3.63) is 94.9 Å². The van der Waals surface area contributed by atoms with Gasteiger partial charge in [-0.3, -0.25) is 4.98 Å². The Hall–Kier alpha value is -3.97. The number of furan rings is 1. The molecule has 3 aromatic heterocycles. The van der Waals surface area contributed by atoms with Crippen LogP contribution in [0.25, 0.3) is 33.2 Å². The highest BCUT2D eigenvalue weighted by Crippen LogP contribution is 2.43. The number of nitriles is 1. The molecule has 0 saturated heterocycles. The number of benzene rings is 2. The van der Waals surface area contributed by atoms with E-state index in [9.17, 15) is 6.63 Å². The van der Waals surface area contributed by atoms with Crippen LogP contribution in [0.5, 0.6) is 0 Å². The Morgan fingerprint density at radius 1 is 1.09 bits per heavy atom. The van der Waals surface area contributed by atoms with Crippen LogP contribution in [0.1, 0.15) is 41.5 Å². The summed E-state index contributed by atoms with van der Waals surface area (Å²) in [6, 6.07) is 18.5. The fourth-order valence-corrected chi connectivity index (χ4v) is 5.22. The average molecular weight is 432 g/mol. The SMILES string of the molecule is [2H]C1(c2c(C#N)ccc3c2oc2c(-c4cccc[n+]4C)c(C)ccc23)CCc2cnccc2C1. The Kier molecular flexibility index (Phi) is 4.26. The topological polar surface area (TPSA) is 53.7 Å². The molecule has 2 aromatic carbocycles. The lowest BCUT2D eigenvalue weighted by atomic mass is 9.79. The predicted octanol–water partition coefficient (Wildman–Crippen LogP) is 5.93. The molecule has 0 bridgehead atoms. The van der Waals surface area contributed by atoms with Crippen molar-refractivity contribution in [1.29, 1.82) is 5.26 Å². The van der Waals surface area contributed by atoms with Crippen LogP contribution in [0.15, 0.2) is 71.5 Å². The molecule has 1 unspecified atom stereocenters. The summed E-state index contributed by atoms with van der Waals surface area (Å²) >= 11 is 0. The minimum atomic E-state index is -0.945. The van der Waals surface area contributed by atoms with Crippen molar-refractivity contribution >= 4 is 21.9 Å². The molecule has 0 amide bonds. The number of rotatable bonds is 2. The molecule has 1 aliphatic rings.